The van der Waals surface area contributed by atoms with Gasteiger partial charge in [0.05, 0.1) is 0 Å². The highest BCUT2D eigenvalue weighted by Gasteiger charge is 2.08. The van der Waals surface area contributed by atoms with E-state index in [9.17, 15) is 5.11 Å². The summed E-state index contributed by atoms with van der Waals surface area (Å²) in [5, 5.41) is 9.27. The molecule has 0 aliphatic heterocycles. The molecule has 0 saturated heterocycles. The lowest BCUT2D eigenvalue weighted by Crippen LogP contribution is -2.09. The molecule has 0 radical (unpaired) electrons. The minimum Gasteiger partial charge on any atom is -0.396 e. The Hall–Kier alpha value is -0.0400. The van der Waals surface area contributed by atoms with Crippen LogP contribution in [0.15, 0.2) is 0 Å². The molecule has 0 saturated carbocycles. The second-order valence-corrected chi connectivity index (χ2v) is 5.94. The van der Waals surface area contributed by atoms with E-state index in [4.69, 9.17) is 0 Å². The second-order valence-electron chi connectivity index (χ2n) is 5.94. The largest absolute Gasteiger partial charge is 0.396 e. The molecule has 0 spiro atoms. The lowest BCUT2D eigenvalue weighted by Gasteiger charge is -2.16. The van der Waals surface area contributed by atoms with E-state index in [0.29, 0.717) is 12.5 Å². The first-order valence-corrected chi connectivity index (χ1v) is 7.81. The van der Waals surface area contributed by atoms with Crippen molar-refractivity contribution in [1.29, 1.82) is 0 Å². The fraction of sp³-hybridized carbons (Fsp3) is 1.00. The van der Waals surface area contributed by atoms with Crippen molar-refractivity contribution >= 4 is 0 Å². The molecule has 0 aliphatic rings. The quantitative estimate of drug-likeness (QED) is 0.468. The van der Waals surface area contributed by atoms with E-state index in [1.54, 1.807) is 0 Å². The molecule has 0 fully saturated rings. The first-order valence-electron chi connectivity index (χ1n) is 7.81. The molecule has 0 heterocycles. The van der Waals surface area contributed by atoms with Crippen molar-refractivity contribution in [2.75, 3.05) is 6.61 Å². The molecule has 0 aromatic carbocycles. The van der Waals surface area contributed by atoms with Crippen LogP contribution in [-0.4, -0.2) is 11.7 Å². The van der Waals surface area contributed by atoms with Gasteiger partial charge in [-0.3, -0.25) is 0 Å². The van der Waals surface area contributed by atoms with Crippen molar-refractivity contribution < 1.29 is 5.11 Å². The summed E-state index contributed by atoms with van der Waals surface area (Å²) in [6.45, 7) is 7.14. The number of unbranched alkanes of at least 4 members (excludes halogenated alkanes) is 7. The van der Waals surface area contributed by atoms with Crippen LogP contribution in [0.2, 0.25) is 0 Å². The molecule has 0 amide bonds. The zero-order valence-corrected chi connectivity index (χ0v) is 12.4. The van der Waals surface area contributed by atoms with Crippen molar-refractivity contribution in [3.63, 3.8) is 0 Å². The first kappa shape index (κ1) is 17.0. The predicted octanol–water partition coefficient (Wildman–Crippen LogP) is 5.17. The third-order valence-electron chi connectivity index (χ3n) is 3.53. The van der Waals surface area contributed by atoms with E-state index in [1.165, 1.54) is 64.2 Å². The third kappa shape index (κ3) is 12.2. The maximum absolute atomic E-state index is 9.27. The summed E-state index contributed by atoms with van der Waals surface area (Å²) in [5.74, 6) is 1.27. The number of aliphatic hydroxyl groups excluding tert-OH is 1. The molecular formula is C16H34O. The molecule has 1 nitrogen and oxygen atoms in total. The Morgan fingerprint density at radius 2 is 1.35 bits per heavy atom. The number of aliphatic hydroxyl groups is 1. The van der Waals surface area contributed by atoms with Crippen molar-refractivity contribution in [3.8, 4) is 0 Å². The van der Waals surface area contributed by atoms with Crippen LogP contribution in [0.25, 0.3) is 0 Å². The molecule has 0 bridgehead atoms. The highest BCUT2D eigenvalue weighted by atomic mass is 16.3. The Kier molecular flexibility index (Phi) is 12.4. The molecule has 17 heavy (non-hydrogen) atoms. The van der Waals surface area contributed by atoms with Crippen LogP contribution in [0.5, 0.6) is 0 Å². The van der Waals surface area contributed by atoms with E-state index < -0.39 is 0 Å². The zero-order chi connectivity index (χ0) is 12.9. The van der Waals surface area contributed by atoms with E-state index in [1.807, 2.05) is 0 Å². The monoisotopic (exact) mass is 242 g/mol. The van der Waals surface area contributed by atoms with E-state index in [0.717, 1.165) is 5.92 Å². The summed E-state index contributed by atoms with van der Waals surface area (Å²) in [7, 11) is 0. The summed E-state index contributed by atoms with van der Waals surface area (Å²) >= 11 is 0. The van der Waals surface area contributed by atoms with Crippen LogP contribution in [0.3, 0.4) is 0 Å². The summed E-state index contributed by atoms with van der Waals surface area (Å²) in [6.07, 6.45) is 13.5. The highest BCUT2D eigenvalue weighted by molar-refractivity contribution is 4.60. The van der Waals surface area contributed by atoms with Gasteiger partial charge in [-0.2, -0.15) is 0 Å². The van der Waals surface area contributed by atoms with Crippen LogP contribution in [0, 0.1) is 11.8 Å². The molecule has 0 aromatic rings. The first-order chi connectivity index (χ1) is 8.20. The van der Waals surface area contributed by atoms with Crippen LogP contribution < -0.4 is 0 Å². The van der Waals surface area contributed by atoms with Crippen LogP contribution in [0.4, 0.5) is 0 Å². The summed E-state index contributed by atoms with van der Waals surface area (Å²) < 4.78 is 0. The molecule has 0 aliphatic carbocycles. The van der Waals surface area contributed by atoms with Gasteiger partial charge in [0.25, 0.3) is 0 Å². The smallest absolute Gasteiger partial charge is 0.0459 e. The average molecular weight is 242 g/mol. The summed E-state index contributed by atoms with van der Waals surface area (Å²) in [6, 6.07) is 0. The van der Waals surface area contributed by atoms with Gasteiger partial charge in [-0.1, -0.05) is 72.1 Å². The van der Waals surface area contributed by atoms with Gasteiger partial charge in [0.1, 0.15) is 0 Å². The fourth-order valence-electron chi connectivity index (χ4n) is 2.52. The summed E-state index contributed by atoms with van der Waals surface area (Å²) in [4.78, 5) is 0. The lowest BCUT2D eigenvalue weighted by molar-refractivity contribution is 0.195. The van der Waals surface area contributed by atoms with E-state index in [-0.39, 0.29) is 0 Å². The molecule has 0 rings (SSSR count). The van der Waals surface area contributed by atoms with Crippen molar-refractivity contribution in [3.05, 3.63) is 0 Å². The normalized spacial score (nSPS) is 13.2. The topological polar surface area (TPSA) is 20.2 Å². The van der Waals surface area contributed by atoms with Crippen LogP contribution >= 0.6 is 0 Å². The maximum Gasteiger partial charge on any atom is 0.0459 e. The average Bonchev–Trinajstić information content (AvgIpc) is 2.30. The van der Waals surface area contributed by atoms with Gasteiger partial charge in [-0.15, -0.1) is 0 Å². The van der Waals surface area contributed by atoms with E-state index >= 15 is 0 Å². The lowest BCUT2D eigenvalue weighted by atomic mass is 9.92. The van der Waals surface area contributed by atoms with Crippen molar-refractivity contribution in [1.82, 2.24) is 0 Å². The zero-order valence-electron chi connectivity index (χ0n) is 12.4. The molecule has 1 unspecified atom stereocenters. The van der Waals surface area contributed by atoms with Crippen LogP contribution in [-0.2, 0) is 0 Å². The Labute approximate surface area is 109 Å². The van der Waals surface area contributed by atoms with Crippen molar-refractivity contribution in [2.45, 2.75) is 85.0 Å². The Morgan fingerprint density at radius 3 is 1.82 bits per heavy atom. The van der Waals surface area contributed by atoms with Gasteiger partial charge in [-0.05, 0) is 24.7 Å². The Balaban J connectivity index is 3.25. The highest BCUT2D eigenvalue weighted by Crippen LogP contribution is 2.19. The molecule has 0 aromatic heterocycles. The SMILES string of the molecule is CCCCCCCCCCC(CO)CC(C)C. The van der Waals surface area contributed by atoms with Gasteiger partial charge in [0.2, 0.25) is 0 Å². The van der Waals surface area contributed by atoms with Gasteiger partial charge in [-0.25, -0.2) is 0 Å². The summed E-state index contributed by atoms with van der Waals surface area (Å²) in [5.41, 5.74) is 0. The molecule has 1 N–H and O–H groups in total. The predicted molar refractivity (Wildman–Crippen MR) is 77.3 cm³/mol. The minimum atomic E-state index is 0.384. The molecule has 1 heteroatoms. The van der Waals surface area contributed by atoms with Crippen LogP contribution in [0.1, 0.15) is 85.0 Å². The number of rotatable bonds is 12. The number of hydrogen-bond donors (Lipinski definition) is 1. The number of hydrogen-bond acceptors (Lipinski definition) is 1. The molecule has 104 valence electrons. The second kappa shape index (κ2) is 12.4. The Bertz CT molecular complexity index is 142. The minimum absolute atomic E-state index is 0.384. The standard InChI is InChI=1S/C16H34O/c1-4-5-6-7-8-9-10-11-12-16(14-17)13-15(2)3/h15-17H,4-14H2,1-3H3. The Morgan fingerprint density at radius 1 is 0.824 bits per heavy atom. The fourth-order valence-corrected chi connectivity index (χ4v) is 2.52. The van der Waals surface area contributed by atoms with E-state index in [2.05, 4.69) is 20.8 Å². The van der Waals surface area contributed by atoms with Gasteiger partial charge in [0.15, 0.2) is 0 Å². The van der Waals surface area contributed by atoms with Gasteiger partial charge >= 0.3 is 0 Å². The molecular weight excluding hydrogens is 208 g/mol. The maximum atomic E-state index is 9.27. The van der Waals surface area contributed by atoms with Gasteiger partial charge in [0, 0.05) is 6.61 Å². The van der Waals surface area contributed by atoms with Crippen molar-refractivity contribution in [2.24, 2.45) is 11.8 Å². The third-order valence-corrected chi connectivity index (χ3v) is 3.53. The molecule has 1 atom stereocenters. The van der Waals surface area contributed by atoms with Gasteiger partial charge < -0.3 is 5.11 Å².